The van der Waals surface area contributed by atoms with Crippen molar-refractivity contribution in [2.75, 3.05) is 26.7 Å². The molecule has 2 rings (SSSR count). The summed E-state index contributed by atoms with van der Waals surface area (Å²) in [6.45, 7) is 4.08. The highest BCUT2D eigenvalue weighted by molar-refractivity contribution is 7.88. The molecule has 0 aromatic heterocycles. The second-order valence-electron chi connectivity index (χ2n) is 6.38. The Balaban J connectivity index is 2.10. The molecule has 1 aliphatic heterocycles. The number of carbonyl (C=O) groups is 1. The first-order valence-corrected chi connectivity index (χ1v) is 10.1. The molecule has 7 heteroatoms. The standard InChI is InChI=1S/C17H27N3O3S/c1-3-18-17(21)16(15-9-11-20(2)12-10-15)19-24(22,23)13-14-7-5-4-6-8-14/h4-8,15-16,19H,3,9-13H2,1-2H3,(H,18,21). The minimum atomic E-state index is -3.58. The molecule has 2 N–H and O–H groups in total. The Kier molecular flexibility index (Phi) is 6.77. The van der Waals surface area contributed by atoms with Crippen LogP contribution in [-0.4, -0.2) is 51.9 Å². The third-order valence-corrected chi connectivity index (χ3v) is 5.70. The Labute approximate surface area is 144 Å². The van der Waals surface area contributed by atoms with Gasteiger partial charge in [0.15, 0.2) is 0 Å². The summed E-state index contributed by atoms with van der Waals surface area (Å²) in [5.41, 5.74) is 0.711. The van der Waals surface area contributed by atoms with E-state index in [2.05, 4.69) is 14.9 Å². The van der Waals surface area contributed by atoms with Crippen molar-refractivity contribution in [3.8, 4) is 0 Å². The second kappa shape index (κ2) is 8.60. The highest BCUT2D eigenvalue weighted by Crippen LogP contribution is 2.21. The number of likely N-dealkylation sites (tertiary alicyclic amines) is 1. The lowest BCUT2D eigenvalue weighted by Gasteiger charge is -2.33. The molecule has 1 saturated heterocycles. The maximum absolute atomic E-state index is 12.5. The minimum absolute atomic E-state index is 0.0262. The number of hydrogen-bond acceptors (Lipinski definition) is 4. The van der Waals surface area contributed by atoms with Crippen molar-refractivity contribution in [3.63, 3.8) is 0 Å². The summed E-state index contributed by atoms with van der Waals surface area (Å²) in [5, 5.41) is 2.76. The van der Waals surface area contributed by atoms with Crippen molar-refractivity contribution in [3.05, 3.63) is 35.9 Å². The van der Waals surface area contributed by atoms with Crippen molar-refractivity contribution in [1.29, 1.82) is 0 Å². The fraction of sp³-hybridized carbons (Fsp3) is 0.588. The molecule has 0 spiro atoms. The summed E-state index contributed by atoms with van der Waals surface area (Å²) < 4.78 is 27.7. The zero-order valence-corrected chi connectivity index (χ0v) is 15.2. The highest BCUT2D eigenvalue weighted by Gasteiger charge is 2.33. The first-order chi connectivity index (χ1) is 11.4. The number of piperidine rings is 1. The van der Waals surface area contributed by atoms with Gasteiger partial charge in [-0.25, -0.2) is 13.1 Å². The van der Waals surface area contributed by atoms with Crippen molar-refractivity contribution in [1.82, 2.24) is 14.9 Å². The van der Waals surface area contributed by atoms with Gasteiger partial charge in [-0.15, -0.1) is 0 Å². The van der Waals surface area contributed by atoms with Gasteiger partial charge in [-0.05, 0) is 51.4 Å². The number of nitrogens with zero attached hydrogens (tertiary/aromatic N) is 1. The molecule has 134 valence electrons. The number of benzene rings is 1. The molecule has 1 heterocycles. The SMILES string of the molecule is CCNC(=O)C(NS(=O)(=O)Cc1ccccc1)C1CCN(C)CC1. The Hall–Kier alpha value is -1.44. The van der Waals surface area contributed by atoms with Crippen LogP contribution in [0.4, 0.5) is 0 Å². The molecule has 1 aromatic rings. The van der Waals surface area contributed by atoms with Gasteiger partial charge in [0.1, 0.15) is 6.04 Å². The topological polar surface area (TPSA) is 78.5 Å². The molecule has 1 fully saturated rings. The number of rotatable bonds is 7. The van der Waals surface area contributed by atoms with E-state index in [1.54, 1.807) is 12.1 Å². The summed E-state index contributed by atoms with van der Waals surface area (Å²) in [4.78, 5) is 14.6. The van der Waals surface area contributed by atoms with E-state index >= 15 is 0 Å². The molecule has 1 aliphatic rings. The fourth-order valence-corrected chi connectivity index (χ4v) is 4.44. The summed E-state index contributed by atoms with van der Waals surface area (Å²) in [5.74, 6) is -0.321. The van der Waals surface area contributed by atoms with E-state index in [1.807, 2.05) is 32.2 Å². The summed E-state index contributed by atoms with van der Waals surface area (Å²) in [6, 6.07) is 8.31. The molecule has 1 amide bonds. The van der Waals surface area contributed by atoms with Crippen molar-refractivity contribution >= 4 is 15.9 Å². The summed E-state index contributed by atoms with van der Waals surface area (Å²) in [7, 11) is -1.55. The van der Waals surface area contributed by atoms with Crippen LogP contribution >= 0.6 is 0 Å². The molecule has 0 aliphatic carbocycles. The van der Waals surface area contributed by atoms with Crippen LogP contribution < -0.4 is 10.0 Å². The van der Waals surface area contributed by atoms with E-state index in [1.165, 1.54) is 0 Å². The minimum Gasteiger partial charge on any atom is -0.355 e. The number of carbonyl (C=O) groups excluding carboxylic acids is 1. The Morgan fingerprint density at radius 3 is 2.46 bits per heavy atom. The van der Waals surface area contributed by atoms with Crippen LogP contribution in [0.25, 0.3) is 0 Å². The third-order valence-electron chi connectivity index (χ3n) is 4.37. The fourth-order valence-electron chi connectivity index (χ4n) is 3.04. The van der Waals surface area contributed by atoms with Gasteiger partial charge in [0, 0.05) is 6.54 Å². The van der Waals surface area contributed by atoms with E-state index in [0.29, 0.717) is 12.1 Å². The highest BCUT2D eigenvalue weighted by atomic mass is 32.2. The average molecular weight is 353 g/mol. The van der Waals surface area contributed by atoms with Gasteiger partial charge < -0.3 is 10.2 Å². The Bertz CT molecular complexity index is 626. The van der Waals surface area contributed by atoms with E-state index in [0.717, 1.165) is 25.9 Å². The lowest BCUT2D eigenvalue weighted by Crippen LogP contribution is -2.53. The molecule has 0 radical (unpaired) electrons. The predicted molar refractivity (Wildman–Crippen MR) is 94.9 cm³/mol. The molecule has 1 aromatic carbocycles. The smallest absolute Gasteiger partial charge is 0.238 e. The Morgan fingerprint density at radius 2 is 1.88 bits per heavy atom. The van der Waals surface area contributed by atoms with Crippen molar-refractivity contribution < 1.29 is 13.2 Å². The van der Waals surface area contributed by atoms with Gasteiger partial charge in [-0.2, -0.15) is 0 Å². The van der Waals surface area contributed by atoms with Crippen LogP contribution in [0.3, 0.4) is 0 Å². The summed E-state index contributed by atoms with van der Waals surface area (Å²) >= 11 is 0. The van der Waals surface area contributed by atoms with Gasteiger partial charge in [0.25, 0.3) is 0 Å². The molecule has 1 atom stereocenters. The molecule has 0 bridgehead atoms. The molecular formula is C17H27N3O3S. The predicted octanol–water partition coefficient (Wildman–Crippen LogP) is 0.953. The van der Waals surface area contributed by atoms with Gasteiger partial charge >= 0.3 is 0 Å². The first kappa shape index (κ1) is 18.9. The zero-order valence-electron chi connectivity index (χ0n) is 14.4. The van der Waals surface area contributed by atoms with Gasteiger partial charge in [-0.1, -0.05) is 30.3 Å². The number of amides is 1. The van der Waals surface area contributed by atoms with E-state index in [4.69, 9.17) is 0 Å². The monoisotopic (exact) mass is 353 g/mol. The van der Waals surface area contributed by atoms with Gasteiger partial charge in [0.05, 0.1) is 5.75 Å². The number of sulfonamides is 1. The maximum atomic E-state index is 12.5. The van der Waals surface area contributed by atoms with Crippen LogP contribution in [0.5, 0.6) is 0 Å². The van der Waals surface area contributed by atoms with Crippen molar-refractivity contribution in [2.24, 2.45) is 5.92 Å². The van der Waals surface area contributed by atoms with E-state index < -0.39 is 16.1 Å². The molecule has 6 nitrogen and oxygen atoms in total. The summed E-state index contributed by atoms with van der Waals surface area (Å²) in [6.07, 6.45) is 1.62. The maximum Gasteiger partial charge on any atom is 0.238 e. The van der Waals surface area contributed by atoms with Gasteiger partial charge in [-0.3, -0.25) is 4.79 Å². The molecular weight excluding hydrogens is 326 g/mol. The van der Waals surface area contributed by atoms with Crippen LogP contribution in [0.1, 0.15) is 25.3 Å². The van der Waals surface area contributed by atoms with Crippen LogP contribution in [0.2, 0.25) is 0 Å². The lowest BCUT2D eigenvalue weighted by molar-refractivity contribution is -0.124. The number of likely N-dealkylation sites (N-methyl/N-ethyl adjacent to an activating group) is 1. The van der Waals surface area contributed by atoms with E-state index in [9.17, 15) is 13.2 Å². The first-order valence-electron chi connectivity index (χ1n) is 8.41. The van der Waals surface area contributed by atoms with Crippen LogP contribution in [-0.2, 0) is 20.6 Å². The molecule has 24 heavy (non-hydrogen) atoms. The normalized spacial score (nSPS) is 18.2. The molecule has 0 saturated carbocycles. The quantitative estimate of drug-likeness (QED) is 0.765. The van der Waals surface area contributed by atoms with Crippen LogP contribution in [0.15, 0.2) is 30.3 Å². The lowest BCUT2D eigenvalue weighted by atomic mass is 9.89. The van der Waals surface area contributed by atoms with E-state index in [-0.39, 0.29) is 17.6 Å². The third kappa shape index (κ3) is 5.58. The number of hydrogen-bond donors (Lipinski definition) is 2. The van der Waals surface area contributed by atoms with Crippen LogP contribution in [0, 0.1) is 5.92 Å². The molecule has 1 unspecified atom stereocenters. The van der Waals surface area contributed by atoms with Gasteiger partial charge in [0.2, 0.25) is 15.9 Å². The van der Waals surface area contributed by atoms with Crippen molar-refractivity contribution in [2.45, 2.75) is 31.6 Å². The zero-order chi connectivity index (χ0) is 17.6. The average Bonchev–Trinajstić information content (AvgIpc) is 2.54. The Morgan fingerprint density at radius 1 is 1.25 bits per heavy atom. The largest absolute Gasteiger partial charge is 0.355 e. The number of nitrogens with one attached hydrogen (secondary N) is 2. The second-order valence-corrected chi connectivity index (χ2v) is 8.13.